The largest absolute Gasteiger partial charge is 0.356 e. The molecule has 1 aromatic carbocycles. The Morgan fingerprint density at radius 3 is 2.83 bits per heavy atom. The number of carbonyl (C=O) groups is 2. The number of nitro groups is 1. The smallest absolute Gasteiger partial charge is 0.258 e. The Bertz CT molecular complexity index is 683. The zero-order chi connectivity index (χ0) is 16.8. The fourth-order valence-electron chi connectivity index (χ4n) is 1.59. The lowest BCUT2D eigenvalue weighted by atomic mass is 10.2. The second kappa shape index (κ2) is 7.09. The number of amides is 4. The van der Waals surface area contributed by atoms with Gasteiger partial charge < -0.3 is 0 Å². The zero-order valence-corrected chi connectivity index (χ0v) is 12.0. The molecule has 11 nitrogen and oxygen atoms in total. The summed E-state index contributed by atoms with van der Waals surface area (Å²) in [5.74, 6) is 0. The molecule has 0 bridgehead atoms. The van der Waals surface area contributed by atoms with Crippen LogP contribution in [0.4, 0.5) is 15.3 Å². The monoisotopic (exact) mass is 319 g/mol. The van der Waals surface area contributed by atoms with E-state index in [1.165, 1.54) is 30.5 Å². The fraction of sp³-hybridized carbons (Fsp3) is 0.167. The number of carbonyl (C=O) groups excluding carboxylic acids is 2. The molecule has 120 valence electrons. The normalized spacial score (nSPS) is 14.4. The van der Waals surface area contributed by atoms with Gasteiger partial charge >= 0.3 is 12.1 Å². The number of non-ortho nitro benzene ring substituents is 1. The predicted octanol–water partition coefficient (Wildman–Crippen LogP) is 0.544. The van der Waals surface area contributed by atoms with Crippen LogP contribution in [0.1, 0.15) is 12.5 Å². The van der Waals surface area contributed by atoms with E-state index in [9.17, 15) is 19.7 Å². The zero-order valence-electron chi connectivity index (χ0n) is 12.0. The second-order valence-corrected chi connectivity index (χ2v) is 4.50. The number of nitrogens with one attached hydrogen (secondary N) is 3. The molecule has 3 N–H and O–H groups in total. The third-order valence-corrected chi connectivity index (χ3v) is 2.71. The van der Waals surface area contributed by atoms with Crippen LogP contribution >= 0.6 is 0 Å². The minimum absolute atomic E-state index is 0.0542. The number of benzene rings is 1. The topological polar surface area (TPSA) is 141 Å². The van der Waals surface area contributed by atoms with Gasteiger partial charge in [-0.25, -0.2) is 25.0 Å². The first kappa shape index (κ1) is 16.0. The number of hydrazine groups is 2. The number of hydrogen-bond acceptors (Lipinski definition) is 6. The minimum atomic E-state index is -0.740. The number of urea groups is 2. The molecule has 0 aromatic heterocycles. The molecule has 0 atom stereocenters. The highest BCUT2D eigenvalue weighted by Crippen LogP contribution is 2.10. The SMILES string of the molecule is CC1=NNC(=O)N(NNC(=O)/N=C/c2ccc([N+](=O)[O-])cc2)C1. The number of aliphatic imine (C=N–C) groups is 1. The van der Waals surface area contributed by atoms with E-state index < -0.39 is 17.0 Å². The van der Waals surface area contributed by atoms with Crippen LogP contribution in [-0.2, 0) is 0 Å². The van der Waals surface area contributed by atoms with Crippen molar-refractivity contribution in [3.63, 3.8) is 0 Å². The fourth-order valence-corrected chi connectivity index (χ4v) is 1.59. The van der Waals surface area contributed by atoms with E-state index in [1.54, 1.807) is 6.92 Å². The first-order valence-electron chi connectivity index (χ1n) is 6.40. The molecule has 4 amide bonds. The van der Waals surface area contributed by atoms with Crippen molar-refractivity contribution in [3.05, 3.63) is 39.9 Å². The molecular formula is C12H13N7O4. The van der Waals surface area contributed by atoms with Crippen molar-refractivity contribution in [2.75, 3.05) is 6.54 Å². The Balaban J connectivity index is 1.85. The highest BCUT2D eigenvalue weighted by molar-refractivity contribution is 5.92. The van der Waals surface area contributed by atoms with E-state index in [0.29, 0.717) is 11.3 Å². The van der Waals surface area contributed by atoms with E-state index >= 15 is 0 Å². The predicted molar refractivity (Wildman–Crippen MR) is 80.7 cm³/mol. The highest BCUT2D eigenvalue weighted by Gasteiger charge is 2.18. The third-order valence-electron chi connectivity index (χ3n) is 2.71. The lowest BCUT2D eigenvalue weighted by molar-refractivity contribution is -0.384. The van der Waals surface area contributed by atoms with Crippen molar-refractivity contribution in [3.8, 4) is 0 Å². The van der Waals surface area contributed by atoms with Crippen molar-refractivity contribution < 1.29 is 14.5 Å². The molecule has 0 saturated carbocycles. The van der Waals surface area contributed by atoms with Gasteiger partial charge in [-0.15, -0.1) is 5.53 Å². The number of nitrogens with zero attached hydrogens (tertiary/aromatic N) is 4. The van der Waals surface area contributed by atoms with Crippen LogP contribution in [-0.4, -0.2) is 40.5 Å². The van der Waals surface area contributed by atoms with Crippen LogP contribution in [0.5, 0.6) is 0 Å². The second-order valence-electron chi connectivity index (χ2n) is 4.50. The van der Waals surface area contributed by atoms with E-state index in [4.69, 9.17) is 0 Å². The van der Waals surface area contributed by atoms with Gasteiger partial charge in [0.25, 0.3) is 5.69 Å². The molecule has 1 aliphatic heterocycles. The summed E-state index contributed by atoms with van der Waals surface area (Å²) >= 11 is 0. The molecule has 1 aromatic rings. The lowest BCUT2D eigenvalue weighted by Crippen LogP contribution is -2.57. The Labute approximate surface area is 130 Å². The molecular weight excluding hydrogens is 306 g/mol. The Hall–Kier alpha value is -3.34. The number of nitro benzene ring substituents is 1. The maximum atomic E-state index is 11.6. The Morgan fingerprint density at radius 2 is 2.17 bits per heavy atom. The van der Waals surface area contributed by atoms with E-state index in [2.05, 4.69) is 26.5 Å². The maximum absolute atomic E-state index is 11.6. The van der Waals surface area contributed by atoms with Crippen LogP contribution < -0.4 is 16.4 Å². The first-order chi connectivity index (χ1) is 11.0. The van der Waals surface area contributed by atoms with Gasteiger partial charge in [-0.1, -0.05) is 0 Å². The quantitative estimate of drug-likeness (QED) is 0.422. The summed E-state index contributed by atoms with van der Waals surface area (Å²) in [4.78, 5) is 36.6. The summed E-state index contributed by atoms with van der Waals surface area (Å²) in [6.07, 6.45) is 1.24. The van der Waals surface area contributed by atoms with Crippen molar-refractivity contribution in [1.82, 2.24) is 21.4 Å². The van der Waals surface area contributed by atoms with E-state index in [-0.39, 0.29) is 12.2 Å². The molecule has 0 saturated heterocycles. The third kappa shape index (κ3) is 4.57. The standard InChI is InChI=1S/C12H13N7O4/c1-8-7-18(12(21)16-14-8)17-15-11(20)13-6-9-2-4-10(5-3-9)19(22)23/h2-6,17H,7H2,1H3,(H,15,20)(H,16,21)/b13-6+. The minimum Gasteiger partial charge on any atom is -0.258 e. The van der Waals surface area contributed by atoms with E-state index in [1.807, 2.05) is 0 Å². The summed E-state index contributed by atoms with van der Waals surface area (Å²) in [5, 5.41) is 15.4. The molecule has 0 fully saturated rings. The van der Waals surface area contributed by atoms with Gasteiger partial charge in [-0.3, -0.25) is 15.5 Å². The molecule has 0 aliphatic carbocycles. The van der Waals surface area contributed by atoms with Gasteiger partial charge in [0.05, 0.1) is 17.2 Å². The van der Waals surface area contributed by atoms with Crippen molar-refractivity contribution in [1.29, 1.82) is 0 Å². The van der Waals surface area contributed by atoms with Gasteiger partial charge in [-0.05, 0) is 24.6 Å². The summed E-state index contributed by atoms with van der Waals surface area (Å²) in [6, 6.07) is 4.27. The van der Waals surface area contributed by atoms with Gasteiger partial charge in [0, 0.05) is 18.3 Å². The van der Waals surface area contributed by atoms with Gasteiger partial charge in [0.2, 0.25) is 0 Å². The summed E-state index contributed by atoms with van der Waals surface area (Å²) < 4.78 is 0. The maximum Gasteiger partial charge on any atom is 0.356 e. The molecule has 1 heterocycles. The molecule has 0 spiro atoms. The van der Waals surface area contributed by atoms with Crippen LogP contribution in [0, 0.1) is 10.1 Å². The summed E-state index contributed by atoms with van der Waals surface area (Å²) in [7, 11) is 0. The highest BCUT2D eigenvalue weighted by atomic mass is 16.6. The molecule has 0 radical (unpaired) electrons. The Morgan fingerprint density at radius 1 is 1.48 bits per heavy atom. The van der Waals surface area contributed by atoms with Gasteiger partial charge in [-0.2, -0.15) is 5.10 Å². The van der Waals surface area contributed by atoms with Crippen molar-refractivity contribution >= 4 is 29.7 Å². The molecule has 2 rings (SSSR count). The molecule has 0 unspecified atom stereocenters. The van der Waals surface area contributed by atoms with Crippen LogP contribution in [0.25, 0.3) is 0 Å². The lowest BCUT2D eigenvalue weighted by Gasteiger charge is -2.25. The van der Waals surface area contributed by atoms with Gasteiger partial charge in [0.15, 0.2) is 0 Å². The van der Waals surface area contributed by atoms with Crippen molar-refractivity contribution in [2.24, 2.45) is 10.1 Å². The number of rotatable bonds is 4. The summed E-state index contributed by atoms with van der Waals surface area (Å²) in [6.45, 7) is 1.92. The van der Waals surface area contributed by atoms with Crippen molar-refractivity contribution in [2.45, 2.75) is 6.92 Å². The van der Waals surface area contributed by atoms with E-state index in [0.717, 1.165) is 5.01 Å². The van der Waals surface area contributed by atoms with Crippen LogP contribution in [0.2, 0.25) is 0 Å². The molecule has 11 heteroatoms. The average Bonchev–Trinajstić information content (AvgIpc) is 2.54. The number of hydrazone groups is 1. The van der Waals surface area contributed by atoms with Gasteiger partial charge in [0.1, 0.15) is 0 Å². The Kier molecular flexibility index (Phi) is 4.94. The number of hydrogen-bond donors (Lipinski definition) is 3. The summed E-state index contributed by atoms with van der Waals surface area (Å²) in [5.41, 5.74) is 7.98. The molecule has 23 heavy (non-hydrogen) atoms. The van der Waals surface area contributed by atoms with Crippen LogP contribution in [0.15, 0.2) is 34.4 Å². The molecule has 1 aliphatic rings. The first-order valence-corrected chi connectivity index (χ1v) is 6.40. The average molecular weight is 319 g/mol. The van der Waals surface area contributed by atoms with Crippen LogP contribution in [0.3, 0.4) is 0 Å².